The first kappa shape index (κ1) is 13.8. The minimum Gasteiger partial charge on any atom is -0.207 e. The van der Waals surface area contributed by atoms with Gasteiger partial charge in [-0.25, -0.2) is 4.39 Å². The van der Waals surface area contributed by atoms with Crippen LogP contribution in [-0.2, 0) is 5.41 Å². The smallest absolute Gasteiger partial charge is 0.123 e. The van der Waals surface area contributed by atoms with Crippen LogP contribution in [-0.4, -0.2) is 0 Å². The molecule has 0 fully saturated rings. The Morgan fingerprint density at radius 1 is 0.842 bits per heavy atom. The van der Waals surface area contributed by atoms with Crippen LogP contribution in [0.1, 0.15) is 44.4 Å². The van der Waals surface area contributed by atoms with Crippen LogP contribution in [0.5, 0.6) is 0 Å². The summed E-state index contributed by atoms with van der Waals surface area (Å²) in [5.74, 6) is -0.152. The van der Waals surface area contributed by atoms with Gasteiger partial charge in [0.15, 0.2) is 0 Å². The normalized spacial score (nSPS) is 14.2. The van der Waals surface area contributed by atoms with Crippen LogP contribution < -0.4 is 0 Å². The maximum atomic E-state index is 13.4. The Kier molecular flexibility index (Phi) is 3.49. The molecule has 0 aromatic heterocycles. The molecule has 2 aromatic rings. The number of halogens is 1. The van der Waals surface area contributed by atoms with E-state index in [-0.39, 0.29) is 11.2 Å². The van der Waals surface area contributed by atoms with Gasteiger partial charge < -0.3 is 0 Å². The van der Waals surface area contributed by atoms with Crippen molar-refractivity contribution in [3.05, 3.63) is 58.9 Å². The van der Waals surface area contributed by atoms with Gasteiger partial charge in [0.25, 0.3) is 0 Å². The fourth-order valence-electron chi connectivity index (χ4n) is 2.82. The molecule has 100 valence electrons. The van der Waals surface area contributed by atoms with Gasteiger partial charge in [-0.3, -0.25) is 0 Å². The molecule has 1 heteroatoms. The Hall–Kier alpha value is -1.63. The SMILES string of the molecule is CC.Cc1ccc2c(c1)C(C)(C)c1cc(F)ccc1-2. The molecule has 0 aliphatic heterocycles. The van der Waals surface area contributed by atoms with E-state index in [0.29, 0.717) is 0 Å². The van der Waals surface area contributed by atoms with E-state index >= 15 is 0 Å². The Morgan fingerprint density at radius 2 is 1.37 bits per heavy atom. The highest BCUT2D eigenvalue weighted by Crippen LogP contribution is 2.48. The lowest BCUT2D eigenvalue weighted by Crippen LogP contribution is -2.15. The topological polar surface area (TPSA) is 0 Å². The van der Waals surface area contributed by atoms with Crippen molar-refractivity contribution in [2.24, 2.45) is 0 Å². The minimum absolute atomic E-state index is 0.0984. The molecule has 19 heavy (non-hydrogen) atoms. The van der Waals surface area contributed by atoms with E-state index < -0.39 is 0 Å². The number of fused-ring (bicyclic) bond motifs is 3. The van der Waals surface area contributed by atoms with Crippen LogP contribution in [0.4, 0.5) is 4.39 Å². The van der Waals surface area contributed by atoms with Crippen molar-refractivity contribution in [3.63, 3.8) is 0 Å². The second kappa shape index (κ2) is 4.80. The first-order valence-electron chi connectivity index (χ1n) is 6.92. The monoisotopic (exact) mass is 256 g/mol. The number of hydrogen-bond acceptors (Lipinski definition) is 0. The molecule has 0 N–H and O–H groups in total. The van der Waals surface area contributed by atoms with Crippen molar-refractivity contribution < 1.29 is 4.39 Å². The molecule has 0 atom stereocenters. The second-order valence-electron chi connectivity index (χ2n) is 5.36. The Balaban J connectivity index is 0.000000637. The molecule has 0 heterocycles. The Morgan fingerprint density at radius 3 is 2.00 bits per heavy atom. The van der Waals surface area contributed by atoms with E-state index in [1.165, 1.54) is 22.3 Å². The number of hydrogen-bond donors (Lipinski definition) is 0. The van der Waals surface area contributed by atoms with Crippen LogP contribution in [0.2, 0.25) is 0 Å². The molecule has 0 unspecified atom stereocenters. The summed E-state index contributed by atoms with van der Waals surface area (Å²) >= 11 is 0. The average molecular weight is 256 g/mol. The molecule has 2 aromatic carbocycles. The molecule has 0 saturated heterocycles. The van der Waals surface area contributed by atoms with Crippen LogP contribution in [0.25, 0.3) is 11.1 Å². The molecular formula is C18H21F. The third-order valence-corrected chi connectivity index (χ3v) is 3.79. The zero-order chi connectivity index (χ0) is 14.2. The summed E-state index contributed by atoms with van der Waals surface area (Å²) in [6, 6.07) is 11.6. The van der Waals surface area contributed by atoms with E-state index in [4.69, 9.17) is 0 Å². The van der Waals surface area contributed by atoms with Crippen molar-refractivity contribution in [1.82, 2.24) is 0 Å². The molecule has 3 rings (SSSR count). The van der Waals surface area contributed by atoms with Gasteiger partial charge in [0.2, 0.25) is 0 Å². The largest absolute Gasteiger partial charge is 0.207 e. The predicted molar refractivity (Wildman–Crippen MR) is 80.0 cm³/mol. The third kappa shape index (κ3) is 2.07. The molecule has 0 bridgehead atoms. The van der Waals surface area contributed by atoms with Crippen molar-refractivity contribution in [1.29, 1.82) is 0 Å². The standard InChI is InChI=1S/C16H15F.C2H6/c1-10-4-6-12-13-7-5-11(17)9-15(13)16(2,3)14(12)8-10;1-2/h4-9H,1-3H3;1-2H3. The van der Waals surface area contributed by atoms with Crippen molar-refractivity contribution in [2.75, 3.05) is 0 Å². The van der Waals surface area contributed by atoms with Crippen LogP contribution in [0, 0.1) is 12.7 Å². The predicted octanol–water partition coefficient (Wildman–Crippen LogP) is 5.47. The molecule has 0 saturated carbocycles. The molecular weight excluding hydrogens is 235 g/mol. The number of aryl methyl sites for hydroxylation is 1. The van der Waals surface area contributed by atoms with E-state index in [2.05, 4.69) is 39.0 Å². The van der Waals surface area contributed by atoms with Gasteiger partial charge in [-0.2, -0.15) is 0 Å². The van der Waals surface area contributed by atoms with Gasteiger partial charge in [-0.05, 0) is 41.3 Å². The highest BCUT2D eigenvalue weighted by molar-refractivity contribution is 5.80. The first-order chi connectivity index (χ1) is 9.00. The van der Waals surface area contributed by atoms with Crippen LogP contribution in [0.15, 0.2) is 36.4 Å². The number of benzene rings is 2. The van der Waals surface area contributed by atoms with Gasteiger partial charge in [-0.1, -0.05) is 57.5 Å². The van der Waals surface area contributed by atoms with Gasteiger partial charge in [-0.15, -0.1) is 0 Å². The summed E-state index contributed by atoms with van der Waals surface area (Å²) < 4.78 is 13.4. The summed E-state index contributed by atoms with van der Waals surface area (Å²) in [4.78, 5) is 0. The lowest BCUT2D eigenvalue weighted by Gasteiger charge is -2.21. The molecule has 0 nitrogen and oxygen atoms in total. The van der Waals surface area contributed by atoms with Crippen LogP contribution >= 0.6 is 0 Å². The van der Waals surface area contributed by atoms with E-state index in [0.717, 1.165) is 5.56 Å². The molecule has 1 aliphatic carbocycles. The summed E-state index contributed by atoms with van der Waals surface area (Å²) in [6.45, 7) is 10.4. The maximum Gasteiger partial charge on any atom is 0.123 e. The first-order valence-corrected chi connectivity index (χ1v) is 6.92. The summed E-state index contributed by atoms with van der Waals surface area (Å²) in [7, 11) is 0. The van der Waals surface area contributed by atoms with E-state index in [1.54, 1.807) is 12.1 Å². The third-order valence-electron chi connectivity index (χ3n) is 3.79. The van der Waals surface area contributed by atoms with Crippen LogP contribution in [0.3, 0.4) is 0 Å². The minimum atomic E-state index is -0.152. The quantitative estimate of drug-likeness (QED) is 0.586. The molecule has 0 spiro atoms. The van der Waals surface area contributed by atoms with Crippen molar-refractivity contribution >= 4 is 0 Å². The molecule has 1 aliphatic rings. The van der Waals surface area contributed by atoms with E-state index in [1.807, 2.05) is 19.9 Å². The fraction of sp³-hybridized carbons (Fsp3) is 0.333. The summed E-state index contributed by atoms with van der Waals surface area (Å²) in [6.07, 6.45) is 0. The fourth-order valence-corrected chi connectivity index (χ4v) is 2.82. The summed E-state index contributed by atoms with van der Waals surface area (Å²) in [5, 5.41) is 0. The lowest BCUT2D eigenvalue weighted by atomic mass is 9.82. The zero-order valence-corrected chi connectivity index (χ0v) is 12.3. The van der Waals surface area contributed by atoms with Gasteiger partial charge in [0, 0.05) is 5.41 Å². The van der Waals surface area contributed by atoms with Gasteiger partial charge in [0.05, 0.1) is 0 Å². The van der Waals surface area contributed by atoms with Crippen molar-refractivity contribution in [2.45, 2.75) is 40.0 Å². The molecule has 0 amide bonds. The molecule has 0 radical (unpaired) electrons. The Bertz CT molecular complexity index is 556. The average Bonchev–Trinajstić information content (AvgIpc) is 2.61. The van der Waals surface area contributed by atoms with Gasteiger partial charge in [0.1, 0.15) is 5.82 Å². The maximum absolute atomic E-state index is 13.4. The summed E-state index contributed by atoms with van der Waals surface area (Å²) in [5.41, 5.74) is 5.97. The zero-order valence-electron chi connectivity index (χ0n) is 12.3. The van der Waals surface area contributed by atoms with E-state index in [9.17, 15) is 4.39 Å². The number of rotatable bonds is 0. The lowest BCUT2D eigenvalue weighted by molar-refractivity contribution is 0.609. The second-order valence-corrected chi connectivity index (χ2v) is 5.36. The highest BCUT2D eigenvalue weighted by atomic mass is 19.1. The highest BCUT2D eigenvalue weighted by Gasteiger charge is 2.35. The Labute approximate surface area is 115 Å². The van der Waals surface area contributed by atoms with Gasteiger partial charge >= 0.3 is 0 Å². The van der Waals surface area contributed by atoms with Crippen molar-refractivity contribution in [3.8, 4) is 11.1 Å².